The third-order valence-corrected chi connectivity index (χ3v) is 0.512. The molecule has 0 radical (unpaired) electrons. The predicted molar refractivity (Wildman–Crippen MR) is 68.3 cm³/mol. The van der Waals surface area contributed by atoms with E-state index in [4.69, 9.17) is 10.2 Å². The van der Waals surface area contributed by atoms with Gasteiger partial charge in [-0.15, -0.1) is 49.6 Å². The zero-order chi connectivity index (χ0) is 7.70. The summed E-state index contributed by atoms with van der Waals surface area (Å²) in [7, 11) is 0. The van der Waals surface area contributed by atoms with Crippen molar-refractivity contribution in [1.29, 1.82) is 0 Å². The Morgan fingerprint density at radius 1 is 0.875 bits per heavy atom. The van der Waals surface area contributed by atoms with Gasteiger partial charge in [0.15, 0.2) is 0 Å². The smallest absolute Gasteiger partial charge is 0.0483 e. The summed E-state index contributed by atoms with van der Waals surface area (Å²) in [4.78, 5) is 0. The van der Waals surface area contributed by atoms with Gasteiger partial charge in [0, 0.05) is 77.9 Å². The summed E-state index contributed by atoms with van der Waals surface area (Å²) in [6.07, 6.45) is 1.87. The van der Waals surface area contributed by atoms with Crippen LogP contribution in [0.1, 0.15) is 33.6 Å². The largest absolute Gasteiger partial charge is 0.396 e. The standard InChI is InChI=1S/C4H10O.C3H8O.4ClH.3Ti/c1-2-3-4-5;1-3(2)4;;;;;;;/h5H,2-4H2,1H3;3-4H,1-2H3;4*1H;;;. The molecule has 0 rings (SSSR count). The SMILES string of the molecule is CC(C)O.CCCCO.Cl.Cl.Cl.Cl.[Ti].[Ti].[Ti]. The minimum absolute atomic E-state index is 0. The van der Waals surface area contributed by atoms with Crippen molar-refractivity contribution >= 4 is 49.6 Å². The van der Waals surface area contributed by atoms with E-state index in [1.54, 1.807) is 13.8 Å². The molecule has 0 aromatic rings. The average molecular weight is 424 g/mol. The number of unbranched alkanes of at least 4 members (excludes halogenated alkanes) is 1. The van der Waals surface area contributed by atoms with Gasteiger partial charge in [0.25, 0.3) is 0 Å². The Hall–Kier alpha value is 3.22. The van der Waals surface area contributed by atoms with E-state index in [1.165, 1.54) is 0 Å². The molecule has 0 amide bonds. The Labute approximate surface area is 169 Å². The number of hydrogen-bond acceptors (Lipinski definition) is 2. The quantitative estimate of drug-likeness (QED) is 0.671. The van der Waals surface area contributed by atoms with E-state index in [0.29, 0.717) is 6.61 Å². The summed E-state index contributed by atoms with van der Waals surface area (Å²) in [6.45, 7) is 5.84. The number of aliphatic hydroxyl groups is 2. The first kappa shape index (κ1) is 61.1. The van der Waals surface area contributed by atoms with Crippen LogP contribution in [0.15, 0.2) is 0 Å². The monoisotopic (exact) mass is 422 g/mol. The van der Waals surface area contributed by atoms with Gasteiger partial charge in [-0.25, -0.2) is 0 Å². The molecule has 0 saturated heterocycles. The van der Waals surface area contributed by atoms with Gasteiger partial charge in [-0.2, -0.15) is 0 Å². The number of aliphatic hydroxyl groups excluding tert-OH is 2. The van der Waals surface area contributed by atoms with Crippen LogP contribution in [0.2, 0.25) is 0 Å². The number of rotatable bonds is 2. The van der Waals surface area contributed by atoms with Crippen LogP contribution in [0.3, 0.4) is 0 Å². The molecule has 9 heteroatoms. The molecule has 0 spiro atoms. The van der Waals surface area contributed by atoms with Crippen molar-refractivity contribution in [3.05, 3.63) is 0 Å². The van der Waals surface area contributed by atoms with Crippen LogP contribution in [0.25, 0.3) is 0 Å². The second-order valence-electron chi connectivity index (χ2n) is 2.17. The molecule has 0 atom stereocenters. The molecule has 0 aromatic heterocycles. The molecule has 0 unspecified atom stereocenters. The van der Waals surface area contributed by atoms with Gasteiger partial charge < -0.3 is 10.2 Å². The molecule has 0 fully saturated rings. The summed E-state index contributed by atoms with van der Waals surface area (Å²) in [5.41, 5.74) is 0. The van der Waals surface area contributed by atoms with E-state index in [0.717, 1.165) is 12.8 Å². The third kappa shape index (κ3) is 166. The molecule has 0 aliphatic carbocycles. The fourth-order valence-electron chi connectivity index (χ4n) is 0.158. The molecule has 0 aliphatic heterocycles. The summed E-state index contributed by atoms with van der Waals surface area (Å²) in [5.74, 6) is 0. The van der Waals surface area contributed by atoms with Gasteiger partial charge >= 0.3 is 0 Å². The van der Waals surface area contributed by atoms with E-state index < -0.39 is 0 Å². The van der Waals surface area contributed by atoms with E-state index in [1.807, 2.05) is 0 Å². The topological polar surface area (TPSA) is 40.5 Å². The predicted octanol–water partition coefficient (Wildman–Crippen LogP) is 2.85. The first-order valence-corrected chi connectivity index (χ1v) is 3.44. The first-order valence-electron chi connectivity index (χ1n) is 3.44. The fraction of sp³-hybridized carbons (Fsp3) is 1.00. The summed E-state index contributed by atoms with van der Waals surface area (Å²) in [6, 6.07) is 0. The molecular weight excluding hydrogens is 401 g/mol. The maximum Gasteiger partial charge on any atom is 0.0483 e. The van der Waals surface area contributed by atoms with Crippen molar-refractivity contribution in [2.45, 2.75) is 39.7 Å². The second-order valence-corrected chi connectivity index (χ2v) is 2.17. The molecular formula is C7H22Cl4O2Ti3. The van der Waals surface area contributed by atoms with E-state index in [9.17, 15) is 0 Å². The maximum absolute atomic E-state index is 8.07. The average Bonchev–Trinajstić information content (AvgIpc) is 1.66. The van der Waals surface area contributed by atoms with Crippen molar-refractivity contribution in [2.24, 2.45) is 0 Å². The van der Waals surface area contributed by atoms with Gasteiger partial charge in [-0.3, -0.25) is 0 Å². The summed E-state index contributed by atoms with van der Waals surface area (Å²) in [5, 5.41) is 16.1. The van der Waals surface area contributed by atoms with Crippen LogP contribution in [-0.2, 0) is 65.2 Å². The van der Waals surface area contributed by atoms with Gasteiger partial charge in [0.2, 0.25) is 0 Å². The number of halogens is 4. The molecule has 2 N–H and O–H groups in total. The van der Waals surface area contributed by atoms with Gasteiger partial charge in [0.1, 0.15) is 0 Å². The second kappa shape index (κ2) is 63.5. The van der Waals surface area contributed by atoms with Crippen LogP contribution in [0.4, 0.5) is 0 Å². The molecule has 0 saturated carbocycles. The van der Waals surface area contributed by atoms with Crippen molar-refractivity contribution < 1.29 is 75.4 Å². The number of hydrogen-bond donors (Lipinski definition) is 2. The Morgan fingerprint density at radius 2 is 1.06 bits per heavy atom. The van der Waals surface area contributed by atoms with E-state index in [-0.39, 0.29) is 121 Å². The summed E-state index contributed by atoms with van der Waals surface area (Å²) >= 11 is 0. The van der Waals surface area contributed by atoms with Crippen molar-refractivity contribution in [2.75, 3.05) is 6.61 Å². The van der Waals surface area contributed by atoms with Crippen LogP contribution < -0.4 is 0 Å². The molecule has 0 heterocycles. The van der Waals surface area contributed by atoms with E-state index >= 15 is 0 Å². The van der Waals surface area contributed by atoms with Crippen LogP contribution in [0.5, 0.6) is 0 Å². The van der Waals surface area contributed by atoms with Crippen LogP contribution in [0, 0.1) is 0 Å². The summed E-state index contributed by atoms with van der Waals surface area (Å²) < 4.78 is 0. The molecule has 0 aliphatic rings. The minimum Gasteiger partial charge on any atom is -0.396 e. The van der Waals surface area contributed by atoms with Crippen LogP contribution >= 0.6 is 49.6 Å². The van der Waals surface area contributed by atoms with Crippen LogP contribution in [-0.4, -0.2) is 22.9 Å². The van der Waals surface area contributed by atoms with Gasteiger partial charge in [0.05, 0.1) is 0 Å². The van der Waals surface area contributed by atoms with Gasteiger partial charge in [-0.05, 0) is 20.3 Å². The van der Waals surface area contributed by atoms with Gasteiger partial charge in [-0.1, -0.05) is 13.3 Å². The molecule has 0 aromatic carbocycles. The Balaban J connectivity index is -0.00000000614. The van der Waals surface area contributed by atoms with Crippen molar-refractivity contribution in [3.8, 4) is 0 Å². The Kier molecular flexibility index (Phi) is 243. The zero-order valence-electron chi connectivity index (χ0n) is 9.73. The molecule has 2 nitrogen and oxygen atoms in total. The zero-order valence-corrected chi connectivity index (χ0v) is 17.7. The fourth-order valence-corrected chi connectivity index (χ4v) is 0.158. The third-order valence-electron chi connectivity index (χ3n) is 0.512. The molecule has 16 heavy (non-hydrogen) atoms. The minimum atomic E-state index is -0.167. The normalized spacial score (nSPS) is 4.88. The molecule has 0 bridgehead atoms. The first-order chi connectivity index (χ1) is 4.15. The van der Waals surface area contributed by atoms with Crippen molar-refractivity contribution in [3.63, 3.8) is 0 Å². The maximum atomic E-state index is 8.07. The molecule has 102 valence electrons. The Bertz CT molecular complexity index is 53.9. The van der Waals surface area contributed by atoms with E-state index in [2.05, 4.69) is 6.92 Å². The Morgan fingerprint density at radius 3 is 1.06 bits per heavy atom. The van der Waals surface area contributed by atoms with Crippen molar-refractivity contribution in [1.82, 2.24) is 0 Å².